The van der Waals surface area contributed by atoms with Crippen LogP contribution in [0.5, 0.6) is 0 Å². The molecule has 2 unspecified atom stereocenters. The quantitative estimate of drug-likeness (QED) is 0.774. The summed E-state index contributed by atoms with van der Waals surface area (Å²) >= 11 is 0. The van der Waals surface area contributed by atoms with Crippen molar-refractivity contribution < 1.29 is 4.39 Å². The Bertz CT molecular complexity index is 297. The highest BCUT2D eigenvalue weighted by Gasteiger charge is 2.26. The van der Waals surface area contributed by atoms with Crippen LogP contribution in [0.25, 0.3) is 0 Å². The lowest BCUT2D eigenvalue weighted by molar-refractivity contribution is 0.278. The lowest BCUT2D eigenvalue weighted by atomic mass is 10.2. The lowest BCUT2D eigenvalue weighted by Gasteiger charge is -2.13. The zero-order valence-electron chi connectivity index (χ0n) is 8.39. The van der Waals surface area contributed by atoms with Gasteiger partial charge in [-0.05, 0) is 32.3 Å². The monoisotopic (exact) mass is 197 g/mol. The highest BCUT2D eigenvalue weighted by molar-refractivity contribution is 5.06. The van der Waals surface area contributed by atoms with Gasteiger partial charge in [-0.15, -0.1) is 0 Å². The molecule has 0 spiro atoms. The molecular weight excluding hydrogens is 181 g/mol. The molecule has 0 bridgehead atoms. The van der Waals surface area contributed by atoms with Crippen molar-refractivity contribution in [2.24, 2.45) is 0 Å². The molecule has 2 atom stereocenters. The molecule has 78 valence electrons. The molecule has 1 fully saturated rings. The number of alkyl halides is 1. The van der Waals surface area contributed by atoms with E-state index in [-0.39, 0.29) is 6.04 Å². The maximum atomic E-state index is 13.2. The van der Waals surface area contributed by atoms with E-state index in [4.69, 9.17) is 0 Å². The fraction of sp³-hybridized carbons (Fsp3) is 0.700. The van der Waals surface area contributed by atoms with Gasteiger partial charge in [-0.1, -0.05) is 0 Å². The summed E-state index contributed by atoms with van der Waals surface area (Å²) in [6, 6.07) is 2.02. The summed E-state index contributed by atoms with van der Waals surface area (Å²) in [4.78, 5) is 0. The molecule has 1 saturated carbocycles. The number of halogens is 1. The molecule has 0 aromatic carbocycles. The van der Waals surface area contributed by atoms with Crippen LogP contribution in [-0.2, 0) is 6.54 Å². The lowest BCUT2D eigenvalue weighted by Crippen LogP contribution is -2.32. The summed E-state index contributed by atoms with van der Waals surface area (Å²) in [5, 5.41) is 10.2. The van der Waals surface area contributed by atoms with Crippen molar-refractivity contribution in [3.8, 4) is 0 Å². The van der Waals surface area contributed by atoms with Crippen molar-refractivity contribution in [2.75, 3.05) is 0 Å². The summed E-state index contributed by atoms with van der Waals surface area (Å²) in [5.74, 6) is 0. The average molecular weight is 197 g/mol. The van der Waals surface area contributed by atoms with Crippen LogP contribution in [0.15, 0.2) is 6.07 Å². The molecule has 1 aromatic rings. The summed E-state index contributed by atoms with van der Waals surface area (Å²) in [7, 11) is 0. The van der Waals surface area contributed by atoms with E-state index in [0.29, 0.717) is 13.0 Å². The van der Waals surface area contributed by atoms with Crippen LogP contribution < -0.4 is 5.32 Å². The number of aromatic amines is 1. The summed E-state index contributed by atoms with van der Waals surface area (Å²) in [6.45, 7) is 2.62. The van der Waals surface area contributed by atoms with E-state index in [2.05, 4.69) is 15.5 Å². The van der Waals surface area contributed by atoms with Crippen LogP contribution in [-0.4, -0.2) is 22.4 Å². The average Bonchev–Trinajstić information content (AvgIpc) is 2.72. The molecule has 3 nitrogen and oxygen atoms in total. The Morgan fingerprint density at radius 2 is 2.50 bits per heavy atom. The van der Waals surface area contributed by atoms with Crippen molar-refractivity contribution >= 4 is 0 Å². The highest BCUT2D eigenvalue weighted by atomic mass is 19.1. The van der Waals surface area contributed by atoms with Crippen molar-refractivity contribution in [1.82, 2.24) is 15.5 Å². The Morgan fingerprint density at radius 3 is 3.07 bits per heavy atom. The number of hydrogen-bond acceptors (Lipinski definition) is 2. The second-order valence-electron chi connectivity index (χ2n) is 3.98. The van der Waals surface area contributed by atoms with Crippen LogP contribution in [0.3, 0.4) is 0 Å². The van der Waals surface area contributed by atoms with Gasteiger partial charge in [0.05, 0.1) is 5.69 Å². The summed E-state index contributed by atoms with van der Waals surface area (Å²) < 4.78 is 13.2. The molecule has 1 heterocycles. The Labute approximate surface area is 83.1 Å². The fourth-order valence-corrected chi connectivity index (χ4v) is 1.95. The molecular formula is C10H16FN3. The Hall–Kier alpha value is -0.900. The number of nitrogens with zero attached hydrogens (tertiary/aromatic N) is 1. The van der Waals surface area contributed by atoms with E-state index in [9.17, 15) is 4.39 Å². The van der Waals surface area contributed by atoms with Gasteiger partial charge in [-0.3, -0.25) is 5.10 Å². The molecule has 1 aliphatic rings. The third kappa shape index (κ3) is 2.12. The molecule has 0 saturated heterocycles. The van der Waals surface area contributed by atoms with Crippen molar-refractivity contribution in [2.45, 2.75) is 44.9 Å². The largest absolute Gasteiger partial charge is 0.305 e. The minimum Gasteiger partial charge on any atom is -0.305 e. The Morgan fingerprint density at radius 1 is 1.64 bits per heavy atom. The number of aromatic nitrogens is 2. The van der Waals surface area contributed by atoms with E-state index in [1.165, 1.54) is 0 Å². The molecule has 1 aromatic heterocycles. The number of nitrogens with one attached hydrogen (secondary N) is 2. The molecule has 2 rings (SSSR count). The maximum Gasteiger partial charge on any atom is 0.115 e. The van der Waals surface area contributed by atoms with Gasteiger partial charge in [-0.25, -0.2) is 4.39 Å². The van der Waals surface area contributed by atoms with E-state index < -0.39 is 6.17 Å². The van der Waals surface area contributed by atoms with Gasteiger partial charge in [0.1, 0.15) is 6.17 Å². The topological polar surface area (TPSA) is 40.7 Å². The first-order valence-corrected chi connectivity index (χ1v) is 5.14. The van der Waals surface area contributed by atoms with Crippen molar-refractivity contribution in [1.29, 1.82) is 0 Å². The predicted molar refractivity (Wildman–Crippen MR) is 52.7 cm³/mol. The van der Waals surface area contributed by atoms with Gasteiger partial charge in [0.15, 0.2) is 0 Å². The van der Waals surface area contributed by atoms with Gasteiger partial charge in [0, 0.05) is 18.3 Å². The van der Waals surface area contributed by atoms with Gasteiger partial charge in [0.2, 0.25) is 0 Å². The van der Waals surface area contributed by atoms with Crippen LogP contribution in [0, 0.1) is 6.92 Å². The number of aryl methyl sites for hydroxylation is 1. The minimum atomic E-state index is -0.671. The van der Waals surface area contributed by atoms with Gasteiger partial charge < -0.3 is 5.32 Å². The van der Waals surface area contributed by atoms with Crippen LogP contribution in [0.1, 0.15) is 30.7 Å². The molecule has 0 aliphatic heterocycles. The first kappa shape index (κ1) is 9.65. The van der Waals surface area contributed by atoms with Crippen LogP contribution >= 0.6 is 0 Å². The molecule has 1 aliphatic carbocycles. The first-order valence-electron chi connectivity index (χ1n) is 5.14. The molecule has 4 heteroatoms. The summed E-state index contributed by atoms with van der Waals surface area (Å²) in [5.41, 5.74) is 2.01. The zero-order valence-corrected chi connectivity index (χ0v) is 8.39. The molecule has 0 amide bonds. The first-order chi connectivity index (χ1) is 6.75. The second-order valence-corrected chi connectivity index (χ2v) is 3.98. The normalized spacial score (nSPS) is 27.0. The van der Waals surface area contributed by atoms with Crippen molar-refractivity contribution in [3.05, 3.63) is 17.5 Å². The predicted octanol–water partition coefficient (Wildman–Crippen LogP) is 1.70. The minimum absolute atomic E-state index is 0.0343. The molecule has 2 N–H and O–H groups in total. The highest BCUT2D eigenvalue weighted by Crippen LogP contribution is 2.22. The van der Waals surface area contributed by atoms with Gasteiger partial charge in [-0.2, -0.15) is 5.10 Å². The van der Waals surface area contributed by atoms with E-state index in [1.54, 1.807) is 0 Å². The smallest absolute Gasteiger partial charge is 0.115 e. The van der Waals surface area contributed by atoms with Gasteiger partial charge in [0.25, 0.3) is 0 Å². The summed E-state index contributed by atoms with van der Waals surface area (Å²) in [6.07, 6.45) is 1.98. The third-order valence-electron chi connectivity index (χ3n) is 2.74. The van der Waals surface area contributed by atoms with Gasteiger partial charge >= 0.3 is 0 Å². The fourth-order valence-electron chi connectivity index (χ4n) is 1.95. The van der Waals surface area contributed by atoms with Crippen LogP contribution in [0.2, 0.25) is 0 Å². The molecule has 0 radical (unpaired) electrons. The maximum absolute atomic E-state index is 13.2. The Kier molecular flexibility index (Phi) is 2.82. The zero-order chi connectivity index (χ0) is 9.97. The van der Waals surface area contributed by atoms with E-state index in [0.717, 1.165) is 24.2 Å². The number of H-pyrrole nitrogens is 1. The number of hydrogen-bond donors (Lipinski definition) is 2. The Balaban J connectivity index is 1.82. The van der Waals surface area contributed by atoms with E-state index >= 15 is 0 Å². The number of rotatable bonds is 3. The molecule has 14 heavy (non-hydrogen) atoms. The van der Waals surface area contributed by atoms with E-state index in [1.807, 2.05) is 13.0 Å². The second kappa shape index (κ2) is 4.09. The van der Waals surface area contributed by atoms with Crippen LogP contribution in [0.4, 0.5) is 4.39 Å². The third-order valence-corrected chi connectivity index (χ3v) is 2.74. The SMILES string of the molecule is Cc1cc(CNC2CCCC2F)n[nH]1. The van der Waals surface area contributed by atoms with Crippen molar-refractivity contribution in [3.63, 3.8) is 0 Å². The standard InChI is InChI=1S/C10H16FN3/c1-7-5-8(14-13-7)6-12-10-4-2-3-9(10)11/h5,9-10,12H,2-4,6H2,1H3,(H,13,14).